The lowest BCUT2D eigenvalue weighted by Crippen LogP contribution is -2.33. The number of aromatic nitrogens is 4. The van der Waals surface area contributed by atoms with Crippen molar-refractivity contribution < 1.29 is 14.9 Å². The van der Waals surface area contributed by atoms with Crippen LogP contribution in [0.2, 0.25) is 0 Å². The number of hydrogen-bond donors (Lipinski definition) is 4. The molecule has 4 heterocycles. The number of ether oxygens (including phenoxy) is 1. The van der Waals surface area contributed by atoms with Crippen molar-refractivity contribution in [3.05, 3.63) is 16.2 Å². The van der Waals surface area contributed by atoms with E-state index in [9.17, 15) is 15.0 Å². The van der Waals surface area contributed by atoms with Gasteiger partial charge in [0.25, 0.3) is 5.56 Å². The van der Waals surface area contributed by atoms with Crippen LogP contribution in [-0.2, 0) is 4.74 Å². The van der Waals surface area contributed by atoms with Crippen molar-refractivity contribution in [2.45, 2.75) is 31.0 Å². The number of H-pyrrole nitrogens is 1. The fourth-order valence-corrected chi connectivity index (χ4v) is 2.78. The highest BCUT2D eigenvalue weighted by atomic mass is 16.5. The van der Waals surface area contributed by atoms with Gasteiger partial charge >= 0.3 is 0 Å². The highest BCUT2D eigenvalue weighted by Gasteiger charge is 2.48. The van der Waals surface area contributed by atoms with Gasteiger partial charge in [-0.2, -0.15) is 4.98 Å². The number of hydrogen-bond acceptors (Lipinski definition) is 7. The Morgan fingerprint density at radius 3 is 3.00 bits per heavy atom. The van der Waals surface area contributed by atoms with Crippen LogP contribution in [0.5, 0.6) is 0 Å². The first kappa shape index (κ1) is 10.9. The number of imidazole rings is 1. The number of aromatic amines is 1. The Bertz CT molecular complexity index is 737. The Balaban J connectivity index is 2.06. The summed E-state index contributed by atoms with van der Waals surface area (Å²) in [6, 6.07) is 0. The minimum absolute atomic E-state index is 0.0321. The normalized spacial score (nSPS) is 32.7. The quantitative estimate of drug-likeness (QED) is 0.449. The Kier molecular flexibility index (Phi) is 1.91. The van der Waals surface area contributed by atoms with E-state index in [1.165, 1.54) is 4.57 Å². The van der Waals surface area contributed by atoms with E-state index < -0.39 is 30.1 Å². The van der Waals surface area contributed by atoms with Crippen LogP contribution < -0.4 is 11.3 Å². The predicted octanol–water partition coefficient (Wildman–Crippen LogP) is -1.60. The second-order valence-corrected chi connectivity index (χ2v) is 4.77. The summed E-state index contributed by atoms with van der Waals surface area (Å²) in [6.45, 7) is 0. The van der Waals surface area contributed by atoms with Gasteiger partial charge in [-0.25, -0.2) is 4.98 Å². The number of fused-ring (bicyclic) bond motifs is 6. The van der Waals surface area contributed by atoms with Crippen LogP contribution in [0.3, 0.4) is 0 Å². The molecule has 2 aliphatic rings. The first-order chi connectivity index (χ1) is 9.06. The maximum atomic E-state index is 11.8. The van der Waals surface area contributed by atoms with Crippen molar-refractivity contribution in [3.63, 3.8) is 0 Å². The molecule has 0 aromatic carbocycles. The number of nitrogen functional groups attached to an aromatic ring is 1. The summed E-state index contributed by atoms with van der Waals surface area (Å²) >= 11 is 0. The largest absolute Gasteiger partial charge is 0.390 e. The molecule has 9 nitrogen and oxygen atoms in total. The van der Waals surface area contributed by atoms with Crippen LogP contribution in [-0.4, -0.2) is 41.9 Å². The lowest BCUT2D eigenvalue weighted by atomic mass is 10.1. The van der Waals surface area contributed by atoms with E-state index in [0.717, 1.165) is 0 Å². The summed E-state index contributed by atoms with van der Waals surface area (Å²) in [4.78, 5) is 22.3. The first-order valence-electron chi connectivity index (χ1n) is 5.85. The molecule has 2 bridgehead atoms. The fraction of sp³-hybridized carbons (Fsp3) is 0.500. The van der Waals surface area contributed by atoms with E-state index in [-0.39, 0.29) is 22.9 Å². The molecule has 100 valence electrons. The van der Waals surface area contributed by atoms with Gasteiger partial charge in [0, 0.05) is 6.42 Å². The van der Waals surface area contributed by atoms with E-state index in [1.54, 1.807) is 0 Å². The van der Waals surface area contributed by atoms with Crippen molar-refractivity contribution in [3.8, 4) is 0 Å². The van der Waals surface area contributed by atoms with Gasteiger partial charge in [0.1, 0.15) is 24.3 Å². The third-order valence-electron chi connectivity index (χ3n) is 3.60. The van der Waals surface area contributed by atoms with Crippen LogP contribution in [0.4, 0.5) is 5.95 Å². The zero-order chi connectivity index (χ0) is 13.3. The molecule has 4 rings (SSSR count). The minimum Gasteiger partial charge on any atom is -0.390 e. The summed E-state index contributed by atoms with van der Waals surface area (Å²) in [5.41, 5.74) is 5.41. The molecule has 4 atom stereocenters. The van der Waals surface area contributed by atoms with Gasteiger partial charge in [-0.05, 0) is 0 Å². The topological polar surface area (TPSA) is 139 Å². The standard InChI is InChI=1S/C10H11N5O4/c11-10-13-7-4(9(18)14-10)12-8-5(17)6-2(16)1-3(19-6)15(7)8/h2-3,5-6,16-17H,1H2,(H3,11,13,14,18)/t2-,3+,5-,6-/m0/s1. The van der Waals surface area contributed by atoms with Crippen molar-refractivity contribution in [1.82, 2.24) is 19.5 Å². The predicted molar refractivity (Wildman–Crippen MR) is 62.1 cm³/mol. The lowest BCUT2D eigenvalue weighted by molar-refractivity contribution is -0.110. The highest BCUT2D eigenvalue weighted by Crippen LogP contribution is 2.42. The van der Waals surface area contributed by atoms with Crippen molar-refractivity contribution >= 4 is 17.1 Å². The number of aliphatic hydroxyl groups is 2. The molecule has 2 aliphatic heterocycles. The van der Waals surface area contributed by atoms with E-state index >= 15 is 0 Å². The molecule has 5 N–H and O–H groups in total. The van der Waals surface area contributed by atoms with Gasteiger partial charge in [-0.1, -0.05) is 0 Å². The zero-order valence-corrected chi connectivity index (χ0v) is 9.65. The molecule has 0 aliphatic carbocycles. The van der Waals surface area contributed by atoms with E-state index in [1.807, 2.05) is 0 Å². The van der Waals surface area contributed by atoms with Gasteiger partial charge in [0.2, 0.25) is 5.95 Å². The average molecular weight is 265 g/mol. The monoisotopic (exact) mass is 265 g/mol. The average Bonchev–Trinajstić information content (AvgIpc) is 2.87. The molecule has 0 amide bonds. The summed E-state index contributed by atoms with van der Waals surface area (Å²) in [7, 11) is 0. The van der Waals surface area contributed by atoms with Gasteiger partial charge < -0.3 is 20.7 Å². The van der Waals surface area contributed by atoms with E-state index in [2.05, 4.69) is 15.0 Å². The lowest BCUT2D eigenvalue weighted by Gasteiger charge is -2.27. The molecule has 9 heteroatoms. The molecule has 0 spiro atoms. The molecule has 0 unspecified atom stereocenters. The third-order valence-corrected chi connectivity index (χ3v) is 3.60. The molecular weight excluding hydrogens is 254 g/mol. The van der Waals surface area contributed by atoms with E-state index in [0.29, 0.717) is 6.42 Å². The Morgan fingerprint density at radius 2 is 2.21 bits per heavy atom. The molecule has 1 fully saturated rings. The SMILES string of the molecule is Nc1nc2c(nc3n2[C@H]2C[C@H](O)[C@H](O2)[C@@H]3O)c(=O)[nH]1. The van der Waals surface area contributed by atoms with Crippen LogP contribution >= 0.6 is 0 Å². The maximum Gasteiger partial charge on any atom is 0.280 e. The van der Waals surface area contributed by atoms with Gasteiger partial charge in [-0.3, -0.25) is 14.3 Å². The first-order valence-corrected chi connectivity index (χ1v) is 5.85. The molecular formula is C10H11N5O4. The molecule has 2 aromatic rings. The molecule has 2 aromatic heterocycles. The van der Waals surface area contributed by atoms with Gasteiger partial charge in [0.15, 0.2) is 11.2 Å². The molecule has 1 saturated heterocycles. The summed E-state index contributed by atoms with van der Waals surface area (Å²) in [5.74, 6) is 0.242. The van der Waals surface area contributed by atoms with Crippen LogP contribution in [0, 0.1) is 0 Å². The van der Waals surface area contributed by atoms with Crippen LogP contribution in [0.1, 0.15) is 24.6 Å². The minimum atomic E-state index is -1.09. The number of nitrogens with one attached hydrogen (secondary N) is 1. The number of nitrogens with zero attached hydrogens (tertiary/aromatic N) is 3. The van der Waals surface area contributed by atoms with Gasteiger partial charge in [-0.15, -0.1) is 0 Å². The summed E-state index contributed by atoms with van der Waals surface area (Å²) in [6.07, 6.45) is -2.75. The van der Waals surface area contributed by atoms with Crippen molar-refractivity contribution in [1.29, 1.82) is 0 Å². The number of nitrogens with two attached hydrogens (primary N) is 1. The third kappa shape index (κ3) is 1.26. The molecule has 0 radical (unpaired) electrons. The number of anilines is 1. The Morgan fingerprint density at radius 1 is 1.42 bits per heavy atom. The summed E-state index contributed by atoms with van der Waals surface area (Å²) in [5, 5.41) is 19.9. The second kappa shape index (κ2) is 3.32. The van der Waals surface area contributed by atoms with Gasteiger partial charge in [0.05, 0.1) is 6.10 Å². The molecule has 19 heavy (non-hydrogen) atoms. The number of aliphatic hydroxyl groups excluding tert-OH is 2. The summed E-state index contributed by atoms with van der Waals surface area (Å²) < 4.78 is 7.05. The van der Waals surface area contributed by atoms with Crippen LogP contribution in [0.25, 0.3) is 11.2 Å². The Labute approximate surface area is 105 Å². The fourth-order valence-electron chi connectivity index (χ4n) is 2.78. The zero-order valence-electron chi connectivity index (χ0n) is 9.65. The molecule has 0 saturated carbocycles. The maximum absolute atomic E-state index is 11.8. The second-order valence-electron chi connectivity index (χ2n) is 4.77. The smallest absolute Gasteiger partial charge is 0.280 e. The highest BCUT2D eigenvalue weighted by molar-refractivity contribution is 5.72. The number of rotatable bonds is 0. The Hall–Kier alpha value is -1.97. The van der Waals surface area contributed by atoms with Crippen LogP contribution in [0.15, 0.2) is 4.79 Å². The van der Waals surface area contributed by atoms with Crippen molar-refractivity contribution in [2.24, 2.45) is 0 Å². The van der Waals surface area contributed by atoms with E-state index in [4.69, 9.17) is 10.5 Å². The van der Waals surface area contributed by atoms with Crippen molar-refractivity contribution in [2.75, 3.05) is 5.73 Å².